The Morgan fingerprint density at radius 3 is 2.19 bits per heavy atom. The van der Waals surface area contributed by atoms with E-state index in [9.17, 15) is 0 Å². The van der Waals surface area contributed by atoms with Crippen LogP contribution < -0.4 is 0 Å². The van der Waals surface area contributed by atoms with Crippen LogP contribution in [-0.2, 0) is 0 Å². The second-order valence-electron chi connectivity index (χ2n) is 6.98. The molecular weight excluding hydrogens is 194 g/mol. The lowest BCUT2D eigenvalue weighted by Crippen LogP contribution is -2.46. The molecule has 0 saturated heterocycles. The van der Waals surface area contributed by atoms with E-state index in [2.05, 4.69) is 38.1 Å². The van der Waals surface area contributed by atoms with Crippen molar-refractivity contribution in [3.63, 3.8) is 0 Å². The third-order valence-electron chi connectivity index (χ3n) is 6.37. The van der Waals surface area contributed by atoms with Gasteiger partial charge in [0.25, 0.3) is 0 Å². The number of hydrogen-bond acceptors (Lipinski definition) is 1. The van der Waals surface area contributed by atoms with Crippen LogP contribution in [0.2, 0.25) is 0 Å². The molecule has 4 aliphatic carbocycles. The SMILES string of the molecule is CC1C2CC(C3C4C=CC(C4)C23)C1N(C)C. The largest absolute Gasteiger partial charge is 0.306 e. The van der Waals surface area contributed by atoms with Crippen LogP contribution in [0, 0.1) is 41.4 Å². The van der Waals surface area contributed by atoms with E-state index in [0.29, 0.717) is 0 Å². The number of allylic oxidation sites excluding steroid dienone is 2. The van der Waals surface area contributed by atoms with Crippen LogP contribution in [0.1, 0.15) is 19.8 Å². The third kappa shape index (κ3) is 0.932. The van der Waals surface area contributed by atoms with Crippen LogP contribution in [-0.4, -0.2) is 25.0 Å². The van der Waals surface area contributed by atoms with Gasteiger partial charge in [0.05, 0.1) is 0 Å². The summed E-state index contributed by atoms with van der Waals surface area (Å²) in [6.07, 6.45) is 8.12. The van der Waals surface area contributed by atoms with Crippen molar-refractivity contribution >= 4 is 0 Å². The molecule has 4 bridgehead atoms. The summed E-state index contributed by atoms with van der Waals surface area (Å²) in [5.41, 5.74) is 0. The topological polar surface area (TPSA) is 3.24 Å². The van der Waals surface area contributed by atoms with Crippen molar-refractivity contribution in [2.45, 2.75) is 25.8 Å². The predicted molar refractivity (Wildman–Crippen MR) is 66.0 cm³/mol. The Bertz CT molecular complexity index is 345. The van der Waals surface area contributed by atoms with E-state index in [4.69, 9.17) is 0 Å². The second kappa shape index (κ2) is 2.93. The summed E-state index contributed by atoms with van der Waals surface area (Å²) >= 11 is 0. The Kier molecular flexibility index (Phi) is 1.78. The Labute approximate surface area is 98.9 Å². The minimum Gasteiger partial charge on any atom is -0.306 e. The van der Waals surface area contributed by atoms with Crippen molar-refractivity contribution in [2.75, 3.05) is 14.1 Å². The van der Waals surface area contributed by atoms with E-state index in [-0.39, 0.29) is 0 Å². The predicted octanol–water partition coefficient (Wildman–Crippen LogP) is 2.64. The van der Waals surface area contributed by atoms with Gasteiger partial charge in [-0.05, 0) is 68.4 Å². The highest BCUT2D eigenvalue weighted by Crippen LogP contribution is 2.67. The molecule has 0 heterocycles. The molecule has 0 aromatic rings. The zero-order valence-corrected chi connectivity index (χ0v) is 10.6. The summed E-state index contributed by atoms with van der Waals surface area (Å²) in [4.78, 5) is 2.52. The Morgan fingerprint density at radius 2 is 1.56 bits per heavy atom. The van der Waals surface area contributed by atoms with Gasteiger partial charge in [-0.1, -0.05) is 19.1 Å². The molecular formula is C15H23N. The molecule has 0 radical (unpaired) electrons. The average molecular weight is 217 g/mol. The Balaban J connectivity index is 1.72. The first kappa shape index (κ1) is 9.70. The molecule has 16 heavy (non-hydrogen) atoms. The number of rotatable bonds is 1. The highest BCUT2D eigenvalue weighted by Gasteiger charge is 2.63. The van der Waals surface area contributed by atoms with E-state index >= 15 is 0 Å². The van der Waals surface area contributed by atoms with Crippen LogP contribution in [0.25, 0.3) is 0 Å². The lowest BCUT2D eigenvalue weighted by molar-refractivity contribution is 0.0652. The minimum atomic E-state index is 0.874. The fourth-order valence-electron chi connectivity index (χ4n) is 6.16. The van der Waals surface area contributed by atoms with E-state index in [1.54, 1.807) is 0 Å². The summed E-state index contributed by atoms with van der Waals surface area (Å²) < 4.78 is 0. The van der Waals surface area contributed by atoms with Crippen LogP contribution in [0.5, 0.6) is 0 Å². The molecule has 3 saturated carbocycles. The molecule has 4 aliphatic rings. The maximum atomic E-state index is 2.55. The normalized spacial score (nSPS) is 61.2. The fourth-order valence-corrected chi connectivity index (χ4v) is 6.16. The first-order valence-electron chi connectivity index (χ1n) is 7.03. The number of fused-ring (bicyclic) bond motifs is 9. The smallest absolute Gasteiger partial charge is 0.0149 e. The lowest BCUT2D eigenvalue weighted by Gasteiger charge is -2.43. The first-order chi connectivity index (χ1) is 7.68. The number of hydrogen-bond donors (Lipinski definition) is 0. The van der Waals surface area contributed by atoms with Crippen molar-refractivity contribution < 1.29 is 0 Å². The molecule has 8 unspecified atom stereocenters. The summed E-state index contributed by atoms with van der Waals surface area (Å²) in [5, 5.41) is 0. The van der Waals surface area contributed by atoms with Gasteiger partial charge in [0, 0.05) is 6.04 Å². The molecule has 88 valence electrons. The van der Waals surface area contributed by atoms with Crippen molar-refractivity contribution in [2.24, 2.45) is 41.4 Å². The standard InChI is InChI=1S/C15H23N/c1-8-11-7-12(15(8)16(2)3)14-10-5-4-9(6-10)13(11)14/h4-5,8-15H,6-7H2,1-3H3. The van der Waals surface area contributed by atoms with E-state index in [1.165, 1.54) is 12.8 Å². The van der Waals surface area contributed by atoms with E-state index in [1.807, 2.05) is 0 Å². The Hall–Kier alpha value is -0.300. The molecule has 4 rings (SSSR count). The van der Waals surface area contributed by atoms with Crippen LogP contribution in [0.15, 0.2) is 12.2 Å². The molecule has 1 heteroatoms. The van der Waals surface area contributed by atoms with Gasteiger partial charge in [-0.25, -0.2) is 0 Å². The molecule has 1 nitrogen and oxygen atoms in total. The first-order valence-corrected chi connectivity index (χ1v) is 7.03. The van der Waals surface area contributed by atoms with Crippen molar-refractivity contribution in [1.29, 1.82) is 0 Å². The average Bonchev–Trinajstić information content (AvgIpc) is 2.92. The summed E-state index contributed by atoms with van der Waals surface area (Å²) in [5.74, 6) is 7.06. The van der Waals surface area contributed by atoms with Crippen LogP contribution >= 0.6 is 0 Å². The quantitative estimate of drug-likeness (QED) is 0.482. The van der Waals surface area contributed by atoms with Crippen molar-refractivity contribution in [3.05, 3.63) is 12.2 Å². The van der Waals surface area contributed by atoms with Crippen LogP contribution in [0.3, 0.4) is 0 Å². The van der Waals surface area contributed by atoms with Gasteiger partial charge in [-0.3, -0.25) is 0 Å². The molecule has 0 N–H and O–H groups in total. The Morgan fingerprint density at radius 1 is 0.938 bits per heavy atom. The molecule has 3 fully saturated rings. The molecule has 0 spiro atoms. The molecule has 0 aromatic heterocycles. The number of nitrogens with zero attached hydrogens (tertiary/aromatic N) is 1. The zero-order valence-electron chi connectivity index (χ0n) is 10.6. The fraction of sp³-hybridized carbons (Fsp3) is 0.867. The summed E-state index contributed by atoms with van der Waals surface area (Å²) in [6.45, 7) is 2.52. The van der Waals surface area contributed by atoms with E-state index < -0.39 is 0 Å². The third-order valence-corrected chi connectivity index (χ3v) is 6.37. The minimum absolute atomic E-state index is 0.874. The van der Waals surface area contributed by atoms with Gasteiger partial charge in [-0.15, -0.1) is 0 Å². The van der Waals surface area contributed by atoms with E-state index in [0.717, 1.165) is 47.5 Å². The maximum Gasteiger partial charge on any atom is 0.0149 e. The second-order valence-corrected chi connectivity index (χ2v) is 6.98. The van der Waals surface area contributed by atoms with Crippen molar-refractivity contribution in [3.8, 4) is 0 Å². The monoisotopic (exact) mass is 217 g/mol. The van der Waals surface area contributed by atoms with Gasteiger partial charge >= 0.3 is 0 Å². The van der Waals surface area contributed by atoms with Gasteiger partial charge in [-0.2, -0.15) is 0 Å². The van der Waals surface area contributed by atoms with Gasteiger partial charge < -0.3 is 4.90 Å². The molecule has 0 amide bonds. The molecule has 0 aromatic carbocycles. The van der Waals surface area contributed by atoms with Crippen molar-refractivity contribution in [1.82, 2.24) is 4.90 Å². The lowest BCUT2D eigenvalue weighted by atomic mass is 9.67. The van der Waals surface area contributed by atoms with Gasteiger partial charge in [0.1, 0.15) is 0 Å². The summed E-state index contributed by atoms with van der Waals surface area (Å²) in [6, 6.07) is 0.874. The highest BCUT2D eigenvalue weighted by atomic mass is 15.1. The van der Waals surface area contributed by atoms with Crippen LogP contribution in [0.4, 0.5) is 0 Å². The van der Waals surface area contributed by atoms with Gasteiger partial charge in [0.15, 0.2) is 0 Å². The molecule has 8 atom stereocenters. The van der Waals surface area contributed by atoms with Gasteiger partial charge in [0.2, 0.25) is 0 Å². The highest BCUT2D eigenvalue weighted by molar-refractivity contribution is 5.22. The zero-order chi connectivity index (χ0) is 11.0. The summed E-state index contributed by atoms with van der Waals surface area (Å²) in [7, 11) is 4.58. The molecule has 0 aliphatic heterocycles. The maximum absolute atomic E-state index is 2.55.